The normalized spacial score (nSPS) is 35.7. The number of hydrogen-bond acceptors (Lipinski definition) is 11. The summed E-state index contributed by atoms with van der Waals surface area (Å²) in [7, 11) is 0. The molecule has 0 aromatic carbocycles. The van der Waals surface area contributed by atoms with Crippen LogP contribution in [0.2, 0.25) is 0 Å². The Kier molecular flexibility index (Phi) is 15.6. The van der Waals surface area contributed by atoms with Crippen molar-refractivity contribution in [3.63, 3.8) is 0 Å². The summed E-state index contributed by atoms with van der Waals surface area (Å²) in [4.78, 5) is 9.51. The van der Waals surface area contributed by atoms with Gasteiger partial charge in [0.2, 0.25) is 0 Å². The Morgan fingerprint density at radius 2 is 1.79 bits per heavy atom. The molecule has 0 amide bonds. The zero-order valence-corrected chi connectivity index (χ0v) is 23.6. The molecule has 0 aromatic heterocycles. The van der Waals surface area contributed by atoms with E-state index in [1.165, 1.54) is 0 Å². The minimum Gasteiger partial charge on any atom is -0.393 e. The maximum absolute atomic E-state index is 10.9. The Hall–Kier alpha value is -0.990. The standard InChI is InChI=1S/C23H43NO8.C4H9NO/c1-12(2)6-7-16(31-22-21(28)19(24)20(27)14(5)30-22)9-17-8-15(25)10-23(29,32-17)11-18(26)13(3)4;5-3-1-2-4-6/h6-7,12-22,25-29H,8-11,24H2,1-5H3;4H,1-3,5H2/b7-6+;/t14?,15?,16-,17?,18+,19?,20?,21?,22?,23-;/m0./s1. The molecule has 10 atom stereocenters. The molecule has 11 nitrogen and oxygen atoms in total. The van der Waals surface area contributed by atoms with Gasteiger partial charge in [-0.2, -0.15) is 0 Å². The van der Waals surface area contributed by atoms with Gasteiger partial charge in [-0.05, 0) is 38.1 Å². The molecule has 2 fully saturated rings. The number of allylic oxidation sites excluding steroid dienone is 1. The number of unbranched alkanes of at least 4 members (excludes halogenated alkanes) is 1. The number of carbonyl (C=O) groups excluding carboxylic acids is 1. The highest BCUT2D eigenvalue weighted by Crippen LogP contribution is 2.34. The molecule has 0 spiro atoms. The lowest BCUT2D eigenvalue weighted by Crippen LogP contribution is -2.61. The number of ether oxygens (including phenoxy) is 3. The number of hydrogen-bond donors (Lipinski definition) is 7. The second-order valence-corrected chi connectivity index (χ2v) is 11.2. The molecule has 0 radical (unpaired) electrons. The number of aldehydes is 1. The SMILES string of the molecule is CC(C)/C=C/[C@@H](CC1CC(O)C[C@@](O)(C[C@@H](O)C(C)C)O1)OC1OC(C)C(O)C(N)C1O.NCCCC=O. The summed E-state index contributed by atoms with van der Waals surface area (Å²) in [5.41, 5.74) is 11.0. The van der Waals surface area contributed by atoms with Crippen molar-refractivity contribution < 1.29 is 44.5 Å². The van der Waals surface area contributed by atoms with Crippen LogP contribution in [0.1, 0.15) is 73.1 Å². The van der Waals surface area contributed by atoms with Gasteiger partial charge in [-0.1, -0.05) is 39.8 Å². The molecular formula is C27H52N2O9. The van der Waals surface area contributed by atoms with Crippen LogP contribution in [0.5, 0.6) is 0 Å². The van der Waals surface area contributed by atoms with Crippen LogP contribution >= 0.6 is 0 Å². The van der Waals surface area contributed by atoms with Crippen LogP contribution in [0.3, 0.4) is 0 Å². The summed E-state index contributed by atoms with van der Waals surface area (Å²) in [6.45, 7) is 10.0. The second-order valence-electron chi connectivity index (χ2n) is 11.2. The maximum atomic E-state index is 10.9. The Bertz CT molecular complexity index is 695. The van der Waals surface area contributed by atoms with Gasteiger partial charge in [0.05, 0.1) is 42.7 Å². The molecule has 2 rings (SSSR count). The summed E-state index contributed by atoms with van der Waals surface area (Å²) in [5.74, 6) is -1.45. The van der Waals surface area contributed by atoms with Crippen molar-refractivity contribution in [3.8, 4) is 0 Å². The van der Waals surface area contributed by atoms with E-state index in [4.69, 9.17) is 25.7 Å². The molecule has 9 N–H and O–H groups in total. The van der Waals surface area contributed by atoms with E-state index in [1.807, 2.05) is 39.8 Å². The van der Waals surface area contributed by atoms with Crippen LogP contribution in [0.25, 0.3) is 0 Å². The molecule has 2 saturated heterocycles. The van der Waals surface area contributed by atoms with Crippen molar-refractivity contribution in [1.82, 2.24) is 0 Å². The van der Waals surface area contributed by atoms with Crippen LogP contribution in [-0.4, -0.2) is 99.2 Å². The molecule has 2 aliphatic heterocycles. The van der Waals surface area contributed by atoms with Crippen molar-refractivity contribution >= 4 is 6.29 Å². The minimum atomic E-state index is -1.64. The predicted molar refractivity (Wildman–Crippen MR) is 143 cm³/mol. The van der Waals surface area contributed by atoms with Crippen molar-refractivity contribution in [2.75, 3.05) is 6.54 Å². The van der Waals surface area contributed by atoms with Crippen molar-refractivity contribution in [2.24, 2.45) is 23.3 Å². The average molecular weight is 549 g/mol. The van der Waals surface area contributed by atoms with E-state index in [9.17, 15) is 30.3 Å². The smallest absolute Gasteiger partial charge is 0.186 e. The van der Waals surface area contributed by atoms with Crippen LogP contribution in [0, 0.1) is 11.8 Å². The highest BCUT2D eigenvalue weighted by atomic mass is 16.7. The fraction of sp³-hybridized carbons (Fsp3) is 0.889. The van der Waals surface area contributed by atoms with Gasteiger partial charge in [0.25, 0.3) is 0 Å². The van der Waals surface area contributed by atoms with Gasteiger partial charge >= 0.3 is 0 Å². The number of aliphatic hydroxyl groups is 5. The Morgan fingerprint density at radius 3 is 2.32 bits per heavy atom. The summed E-state index contributed by atoms with van der Waals surface area (Å²) in [6.07, 6.45) is 0.209. The van der Waals surface area contributed by atoms with Gasteiger partial charge in [-0.25, -0.2) is 0 Å². The molecule has 38 heavy (non-hydrogen) atoms. The van der Waals surface area contributed by atoms with Gasteiger partial charge in [0.15, 0.2) is 12.1 Å². The highest BCUT2D eigenvalue weighted by molar-refractivity contribution is 5.48. The van der Waals surface area contributed by atoms with Gasteiger partial charge in [-0.15, -0.1) is 0 Å². The summed E-state index contributed by atoms with van der Waals surface area (Å²) < 4.78 is 17.6. The van der Waals surface area contributed by atoms with Gasteiger partial charge in [-0.3, -0.25) is 0 Å². The zero-order chi connectivity index (χ0) is 29.0. The fourth-order valence-electron chi connectivity index (χ4n) is 4.34. The maximum Gasteiger partial charge on any atom is 0.186 e. The number of nitrogens with two attached hydrogens (primary N) is 2. The Balaban J connectivity index is 0.00000107. The molecule has 0 aliphatic carbocycles. The monoisotopic (exact) mass is 548 g/mol. The average Bonchev–Trinajstić information content (AvgIpc) is 2.82. The summed E-state index contributed by atoms with van der Waals surface area (Å²) >= 11 is 0. The summed E-state index contributed by atoms with van der Waals surface area (Å²) in [5, 5.41) is 52.0. The number of rotatable bonds is 12. The molecule has 11 heteroatoms. The van der Waals surface area contributed by atoms with Gasteiger partial charge in [0, 0.05) is 25.7 Å². The van der Waals surface area contributed by atoms with Crippen LogP contribution < -0.4 is 11.5 Å². The fourth-order valence-corrected chi connectivity index (χ4v) is 4.34. The van der Waals surface area contributed by atoms with Crippen LogP contribution in [-0.2, 0) is 19.0 Å². The van der Waals surface area contributed by atoms with Crippen molar-refractivity contribution in [1.29, 1.82) is 0 Å². The molecule has 0 bridgehead atoms. The second kappa shape index (κ2) is 17.0. The Morgan fingerprint density at radius 1 is 1.13 bits per heavy atom. The van der Waals surface area contributed by atoms with Crippen molar-refractivity contribution in [3.05, 3.63) is 12.2 Å². The predicted octanol–water partition coefficient (Wildman–Crippen LogP) is 0.328. The first kappa shape index (κ1) is 35.0. The summed E-state index contributed by atoms with van der Waals surface area (Å²) in [6, 6.07) is -0.908. The number of carbonyl (C=O) groups is 1. The third-order valence-electron chi connectivity index (χ3n) is 6.71. The topological polar surface area (TPSA) is 198 Å². The van der Waals surface area contributed by atoms with Crippen LogP contribution in [0.15, 0.2) is 12.2 Å². The van der Waals surface area contributed by atoms with E-state index < -0.39 is 60.8 Å². The Labute approximate surface area is 227 Å². The van der Waals surface area contributed by atoms with E-state index >= 15 is 0 Å². The lowest BCUT2D eigenvalue weighted by molar-refractivity contribution is -0.298. The first-order chi connectivity index (χ1) is 17.7. The van der Waals surface area contributed by atoms with E-state index in [-0.39, 0.29) is 24.7 Å². The van der Waals surface area contributed by atoms with Crippen LogP contribution in [0.4, 0.5) is 0 Å². The van der Waals surface area contributed by atoms with E-state index in [0.29, 0.717) is 25.8 Å². The lowest BCUT2D eigenvalue weighted by Gasteiger charge is -2.43. The lowest BCUT2D eigenvalue weighted by atomic mass is 9.89. The van der Waals surface area contributed by atoms with Crippen molar-refractivity contribution in [2.45, 2.75) is 134 Å². The third kappa shape index (κ3) is 12.0. The highest BCUT2D eigenvalue weighted by Gasteiger charge is 2.44. The minimum absolute atomic E-state index is 0.000288. The first-order valence-corrected chi connectivity index (χ1v) is 13.7. The van der Waals surface area contributed by atoms with Gasteiger partial charge in [0.1, 0.15) is 12.4 Å². The zero-order valence-electron chi connectivity index (χ0n) is 23.6. The third-order valence-corrected chi connectivity index (χ3v) is 6.71. The molecule has 0 saturated carbocycles. The van der Waals surface area contributed by atoms with E-state index in [2.05, 4.69) is 0 Å². The molecule has 7 unspecified atom stereocenters. The quantitative estimate of drug-likeness (QED) is 0.101. The molecular weight excluding hydrogens is 496 g/mol. The van der Waals surface area contributed by atoms with E-state index in [1.54, 1.807) is 6.92 Å². The van der Waals surface area contributed by atoms with E-state index in [0.717, 1.165) is 12.7 Å². The number of aliphatic hydroxyl groups excluding tert-OH is 4. The molecule has 0 aromatic rings. The molecule has 2 aliphatic rings. The molecule has 2 heterocycles. The molecule has 224 valence electrons. The largest absolute Gasteiger partial charge is 0.393 e. The van der Waals surface area contributed by atoms with Gasteiger partial charge < -0.3 is 56.0 Å². The first-order valence-electron chi connectivity index (χ1n) is 13.7.